The van der Waals surface area contributed by atoms with Crippen molar-refractivity contribution in [2.45, 2.75) is 25.6 Å². The highest BCUT2D eigenvalue weighted by Crippen LogP contribution is 2.41. The van der Waals surface area contributed by atoms with Gasteiger partial charge in [0, 0.05) is 5.70 Å². The first-order valence-corrected chi connectivity index (χ1v) is 7.77. The highest BCUT2D eigenvalue weighted by molar-refractivity contribution is 6.34. The van der Waals surface area contributed by atoms with Gasteiger partial charge in [0.25, 0.3) is 11.8 Å². The second-order valence-electron chi connectivity index (χ2n) is 5.36. The molecule has 6 nitrogen and oxygen atoms in total. The van der Waals surface area contributed by atoms with Crippen LogP contribution in [-0.2, 0) is 14.3 Å². The third-order valence-corrected chi connectivity index (χ3v) is 4.05. The summed E-state index contributed by atoms with van der Waals surface area (Å²) in [6, 6.07) is 5.37. The van der Waals surface area contributed by atoms with E-state index in [9.17, 15) is 27.6 Å². The van der Waals surface area contributed by atoms with E-state index >= 15 is 0 Å². The lowest BCUT2D eigenvalue weighted by molar-refractivity contribution is -0.189. The van der Waals surface area contributed by atoms with Gasteiger partial charge in [0.15, 0.2) is 0 Å². The predicted molar refractivity (Wildman–Crippen MR) is 85.2 cm³/mol. The van der Waals surface area contributed by atoms with E-state index in [0.717, 1.165) is 6.92 Å². The van der Waals surface area contributed by atoms with Crippen molar-refractivity contribution in [3.05, 3.63) is 46.1 Å². The normalized spacial score (nSPS) is 20.0. The number of carbonyl (C=O) groups is 3. The fourth-order valence-corrected chi connectivity index (χ4v) is 2.80. The number of allylic oxidation sites excluding steroid dienone is 1. The predicted octanol–water partition coefficient (Wildman–Crippen LogP) is 2.34. The average molecular weight is 391 g/mol. The van der Waals surface area contributed by atoms with Crippen LogP contribution in [0.1, 0.15) is 24.2 Å². The van der Waals surface area contributed by atoms with Crippen LogP contribution in [0.15, 0.2) is 35.5 Å². The minimum Gasteiger partial charge on any atom is -0.462 e. The van der Waals surface area contributed by atoms with Gasteiger partial charge >= 0.3 is 12.1 Å². The van der Waals surface area contributed by atoms with Crippen molar-refractivity contribution in [2.24, 2.45) is 0 Å². The van der Waals surface area contributed by atoms with Crippen LogP contribution in [0.2, 0.25) is 5.02 Å². The molecule has 2 rings (SSSR count). The number of nitrogens with one attached hydrogen (secondary N) is 2. The van der Waals surface area contributed by atoms with Crippen molar-refractivity contribution in [1.29, 1.82) is 0 Å². The molecule has 0 bridgehead atoms. The molecule has 140 valence electrons. The maximum atomic E-state index is 13.9. The average Bonchev–Trinajstić information content (AvgIpc) is 2.78. The number of alkyl halides is 3. The first kappa shape index (κ1) is 19.8. The Morgan fingerprint density at radius 3 is 2.46 bits per heavy atom. The Morgan fingerprint density at radius 2 is 1.92 bits per heavy atom. The van der Waals surface area contributed by atoms with Crippen LogP contribution in [0.4, 0.5) is 13.2 Å². The minimum atomic E-state index is -5.31. The number of amides is 2. The Balaban J connectivity index is 2.58. The quantitative estimate of drug-likeness (QED) is 0.773. The monoisotopic (exact) mass is 390 g/mol. The summed E-state index contributed by atoms with van der Waals surface area (Å²) in [5.74, 6) is -4.23. The van der Waals surface area contributed by atoms with Crippen molar-refractivity contribution in [1.82, 2.24) is 10.6 Å². The zero-order valence-electron chi connectivity index (χ0n) is 13.7. The lowest BCUT2D eigenvalue weighted by Crippen LogP contribution is -2.66. The molecule has 1 atom stereocenters. The van der Waals surface area contributed by atoms with Crippen LogP contribution in [0.5, 0.6) is 0 Å². The Morgan fingerprint density at radius 1 is 1.31 bits per heavy atom. The SMILES string of the molecule is CCOC(=O)C1=C(C)NC(=O)[C@@]1(NC(=O)c1ccccc1Cl)C(F)(F)F. The summed E-state index contributed by atoms with van der Waals surface area (Å²) in [6.45, 7) is 2.30. The number of halogens is 4. The molecular weight excluding hydrogens is 377 g/mol. The van der Waals surface area contributed by atoms with Crippen LogP contribution in [0.25, 0.3) is 0 Å². The van der Waals surface area contributed by atoms with E-state index in [2.05, 4.69) is 4.74 Å². The van der Waals surface area contributed by atoms with Gasteiger partial charge in [-0.2, -0.15) is 13.2 Å². The largest absolute Gasteiger partial charge is 0.462 e. The maximum Gasteiger partial charge on any atom is 0.425 e. The second kappa shape index (κ2) is 6.99. The molecule has 0 saturated carbocycles. The molecule has 0 aliphatic carbocycles. The van der Waals surface area contributed by atoms with Gasteiger partial charge in [0.1, 0.15) is 5.57 Å². The Bertz CT molecular complexity index is 807. The summed E-state index contributed by atoms with van der Waals surface area (Å²) in [6.07, 6.45) is -5.31. The van der Waals surface area contributed by atoms with E-state index in [0.29, 0.717) is 0 Å². The fourth-order valence-electron chi connectivity index (χ4n) is 2.57. The van der Waals surface area contributed by atoms with Crippen molar-refractivity contribution in [3.63, 3.8) is 0 Å². The van der Waals surface area contributed by atoms with Crippen molar-refractivity contribution >= 4 is 29.4 Å². The maximum absolute atomic E-state index is 13.9. The molecule has 0 unspecified atom stereocenters. The Kier molecular flexibility index (Phi) is 5.31. The lowest BCUT2D eigenvalue weighted by Gasteiger charge is -2.31. The molecule has 2 N–H and O–H groups in total. The molecule has 0 saturated heterocycles. The van der Waals surface area contributed by atoms with E-state index in [1.165, 1.54) is 31.2 Å². The molecule has 0 radical (unpaired) electrons. The van der Waals surface area contributed by atoms with Gasteiger partial charge < -0.3 is 15.4 Å². The van der Waals surface area contributed by atoms with Crippen LogP contribution in [0.3, 0.4) is 0 Å². The van der Waals surface area contributed by atoms with Crippen molar-refractivity contribution in [3.8, 4) is 0 Å². The number of hydrogen-bond donors (Lipinski definition) is 2. The standard InChI is InChI=1S/C16H14ClF3N2O4/c1-3-26-13(24)11-8(2)21-14(25)15(11,16(18,19)20)22-12(23)9-6-4-5-7-10(9)17/h4-7H,3H2,1-2H3,(H,21,25)(H,22,23)/t15-/m1/s1. The molecule has 1 aliphatic heterocycles. The van der Waals surface area contributed by atoms with Gasteiger partial charge in [0.2, 0.25) is 5.54 Å². The molecular formula is C16H14ClF3N2O4. The van der Waals surface area contributed by atoms with Gasteiger partial charge in [0.05, 0.1) is 17.2 Å². The second-order valence-corrected chi connectivity index (χ2v) is 5.76. The summed E-state index contributed by atoms with van der Waals surface area (Å²) in [7, 11) is 0. The smallest absolute Gasteiger partial charge is 0.425 e. The zero-order valence-corrected chi connectivity index (χ0v) is 14.4. The topological polar surface area (TPSA) is 84.5 Å². The highest BCUT2D eigenvalue weighted by atomic mass is 35.5. The number of carbonyl (C=O) groups excluding carboxylic acids is 3. The van der Waals surface area contributed by atoms with Gasteiger partial charge in [-0.15, -0.1) is 0 Å². The summed E-state index contributed by atoms with van der Waals surface area (Å²) in [5, 5.41) is 3.48. The third kappa shape index (κ3) is 3.14. The van der Waals surface area contributed by atoms with Gasteiger partial charge in [-0.1, -0.05) is 23.7 Å². The molecule has 1 aromatic carbocycles. The van der Waals surface area contributed by atoms with Crippen LogP contribution < -0.4 is 10.6 Å². The molecule has 0 fully saturated rings. The van der Waals surface area contributed by atoms with Gasteiger partial charge in [-0.25, -0.2) is 4.79 Å². The number of benzene rings is 1. The number of hydrogen-bond acceptors (Lipinski definition) is 4. The summed E-state index contributed by atoms with van der Waals surface area (Å²) >= 11 is 5.83. The van der Waals surface area contributed by atoms with Crippen LogP contribution in [-0.4, -0.2) is 36.1 Å². The van der Waals surface area contributed by atoms with Gasteiger partial charge in [-0.3, -0.25) is 9.59 Å². The first-order chi connectivity index (χ1) is 12.1. The third-order valence-electron chi connectivity index (χ3n) is 3.72. The fraction of sp³-hybridized carbons (Fsp3) is 0.312. The van der Waals surface area contributed by atoms with Crippen LogP contribution in [0, 0.1) is 0 Å². The van der Waals surface area contributed by atoms with Crippen molar-refractivity contribution < 1.29 is 32.3 Å². The lowest BCUT2D eigenvalue weighted by atomic mass is 9.88. The highest BCUT2D eigenvalue weighted by Gasteiger charge is 2.69. The molecule has 10 heteroatoms. The molecule has 0 spiro atoms. The minimum absolute atomic E-state index is 0.112. The molecule has 1 aliphatic rings. The number of rotatable bonds is 4. The van der Waals surface area contributed by atoms with E-state index in [1.54, 1.807) is 5.32 Å². The number of ether oxygens (including phenoxy) is 1. The van der Waals surface area contributed by atoms with Crippen molar-refractivity contribution in [2.75, 3.05) is 6.61 Å². The van der Waals surface area contributed by atoms with E-state index < -0.39 is 35.1 Å². The molecule has 2 amide bonds. The molecule has 0 aromatic heterocycles. The number of esters is 1. The Labute approximate surface area is 151 Å². The summed E-state index contributed by atoms with van der Waals surface area (Å²) in [5.41, 5.74) is -5.24. The van der Waals surface area contributed by atoms with E-state index in [4.69, 9.17) is 11.6 Å². The molecule has 1 heterocycles. The first-order valence-electron chi connectivity index (χ1n) is 7.40. The van der Waals surface area contributed by atoms with E-state index in [-0.39, 0.29) is 22.9 Å². The zero-order chi connectivity index (χ0) is 19.7. The Hall–Kier alpha value is -2.55. The molecule has 26 heavy (non-hydrogen) atoms. The summed E-state index contributed by atoms with van der Waals surface area (Å²) in [4.78, 5) is 36.7. The van der Waals surface area contributed by atoms with Gasteiger partial charge in [-0.05, 0) is 26.0 Å². The summed E-state index contributed by atoms with van der Waals surface area (Å²) < 4.78 is 46.4. The van der Waals surface area contributed by atoms with E-state index in [1.807, 2.05) is 5.32 Å². The molecule has 1 aromatic rings. The van der Waals surface area contributed by atoms with Crippen LogP contribution >= 0.6 is 11.6 Å².